The zero-order valence-corrected chi connectivity index (χ0v) is 15.0. The number of carbonyl (C=O) groups is 1. The lowest BCUT2D eigenvalue weighted by Crippen LogP contribution is -2.48. The maximum Gasteiger partial charge on any atom is 0.256 e. The van der Waals surface area contributed by atoms with E-state index in [1.165, 1.54) is 17.7 Å². The normalized spacial score (nSPS) is 15.5. The number of hydrogen-bond donors (Lipinski definition) is 2. The Kier molecular flexibility index (Phi) is 4.57. The van der Waals surface area contributed by atoms with Gasteiger partial charge in [-0.15, -0.1) is 0 Å². The molecule has 0 aliphatic carbocycles. The fraction of sp³-hybridized carbons (Fsp3) is 0.263. The molecule has 4 rings (SSSR count). The molecule has 1 amide bonds. The van der Waals surface area contributed by atoms with Gasteiger partial charge in [0.15, 0.2) is 4.77 Å². The Morgan fingerprint density at radius 3 is 2.54 bits per heavy atom. The van der Waals surface area contributed by atoms with E-state index < -0.39 is 5.82 Å². The summed E-state index contributed by atoms with van der Waals surface area (Å²) in [5.74, 6) is -0.618. The molecule has 1 saturated heterocycles. The summed E-state index contributed by atoms with van der Waals surface area (Å²) >= 11 is 5.07. The smallest absolute Gasteiger partial charge is 0.256 e. The van der Waals surface area contributed by atoms with Gasteiger partial charge in [0.2, 0.25) is 0 Å². The van der Waals surface area contributed by atoms with E-state index in [0.717, 1.165) is 19.6 Å². The molecule has 7 heteroatoms. The second-order valence-electron chi connectivity index (χ2n) is 6.51. The molecule has 0 unspecified atom stereocenters. The first-order valence-electron chi connectivity index (χ1n) is 8.57. The van der Waals surface area contributed by atoms with Crippen LogP contribution >= 0.6 is 12.2 Å². The summed E-state index contributed by atoms with van der Waals surface area (Å²) in [7, 11) is 0. The summed E-state index contributed by atoms with van der Waals surface area (Å²) in [5.41, 5.74) is 2.66. The van der Waals surface area contributed by atoms with Gasteiger partial charge in [0.05, 0.1) is 16.6 Å². The number of H-pyrrole nitrogens is 2. The molecule has 0 bridgehead atoms. The first-order chi connectivity index (χ1) is 12.6. The van der Waals surface area contributed by atoms with Crippen LogP contribution in [-0.2, 0) is 6.54 Å². The van der Waals surface area contributed by atoms with Crippen molar-refractivity contribution >= 4 is 29.2 Å². The number of aromatic nitrogens is 2. The zero-order chi connectivity index (χ0) is 18.1. The summed E-state index contributed by atoms with van der Waals surface area (Å²) in [6, 6.07) is 12.9. The summed E-state index contributed by atoms with van der Waals surface area (Å²) in [6.07, 6.45) is 0. The van der Waals surface area contributed by atoms with Crippen LogP contribution < -0.4 is 0 Å². The van der Waals surface area contributed by atoms with E-state index in [1.807, 2.05) is 18.2 Å². The molecule has 0 saturated carbocycles. The van der Waals surface area contributed by atoms with Gasteiger partial charge < -0.3 is 14.9 Å². The fourth-order valence-electron chi connectivity index (χ4n) is 3.40. The van der Waals surface area contributed by atoms with Crippen molar-refractivity contribution in [3.05, 3.63) is 64.2 Å². The molecule has 134 valence electrons. The molecule has 1 fully saturated rings. The second-order valence-corrected chi connectivity index (χ2v) is 6.92. The molecule has 26 heavy (non-hydrogen) atoms. The van der Waals surface area contributed by atoms with Crippen molar-refractivity contribution in [2.24, 2.45) is 0 Å². The minimum atomic E-state index is -0.450. The highest BCUT2D eigenvalue weighted by molar-refractivity contribution is 7.71. The van der Waals surface area contributed by atoms with Crippen LogP contribution in [0.4, 0.5) is 4.39 Å². The van der Waals surface area contributed by atoms with E-state index in [0.29, 0.717) is 34.5 Å². The van der Waals surface area contributed by atoms with Crippen molar-refractivity contribution in [3.8, 4) is 0 Å². The average Bonchev–Trinajstić information content (AvgIpc) is 3.02. The number of piperazine rings is 1. The molecule has 1 aliphatic rings. The third-order valence-corrected chi connectivity index (χ3v) is 4.93. The van der Waals surface area contributed by atoms with Crippen LogP contribution in [0.5, 0.6) is 0 Å². The SMILES string of the molecule is O=C(c1cc(F)cc2[nH]c(=S)[nH]c12)N1CCN(Cc2ccccc2)CC1. The quantitative estimate of drug-likeness (QED) is 0.696. The summed E-state index contributed by atoms with van der Waals surface area (Å²) in [6.45, 7) is 3.70. The third-order valence-electron chi connectivity index (χ3n) is 4.73. The molecule has 5 nitrogen and oxygen atoms in total. The largest absolute Gasteiger partial charge is 0.336 e. The maximum absolute atomic E-state index is 13.9. The lowest BCUT2D eigenvalue weighted by atomic mass is 10.1. The molecule has 0 radical (unpaired) electrons. The Hall–Kier alpha value is -2.51. The van der Waals surface area contributed by atoms with Crippen molar-refractivity contribution in [2.45, 2.75) is 6.54 Å². The Morgan fingerprint density at radius 2 is 1.81 bits per heavy atom. The van der Waals surface area contributed by atoms with Crippen molar-refractivity contribution in [3.63, 3.8) is 0 Å². The molecule has 1 aliphatic heterocycles. The third kappa shape index (κ3) is 3.40. The molecule has 3 aromatic rings. The van der Waals surface area contributed by atoms with E-state index in [2.05, 4.69) is 27.0 Å². The van der Waals surface area contributed by atoms with Gasteiger partial charge in [-0.25, -0.2) is 4.39 Å². The highest BCUT2D eigenvalue weighted by Crippen LogP contribution is 2.20. The highest BCUT2D eigenvalue weighted by Gasteiger charge is 2.24. The number of carbonyl (C=O) groups excluding carboxylic acids is 1. The topological polar surface area (TPSA) is 55.1 Å². The minimum Gasteiger partial charge on any atom is -0.336 e. The lowest BCUT2D eigenvalue weighted by Gasteiger charge is -2.34. The number of imidazole rings is 1. The predicted molar refractivity (Wildman–Crippen MR) is 101 cm³/mol. The Bertz CT molecular complexity index is 990. The Balaban J connectivity index is 1.48. The van der Waals surface area contributed by atoms with E-state index >= 15 is 0 Å². The molecule has 0 spiro atoms. The van der Waals surface area contributed by atoms with Gasteiger partial charge in [0.25, 0.3) is 5.91 Å². The number of halogens is 1. The molecule has 1 aromatic heterocycles. The number of amides is 1. The number of nitrogens with zero attached hydrogens (tertiary/aromatic N) is 2. The molecule has 2 aromatic carbocycles. The zero-order valence-electron chi connectivity index (χ0n) is 14.2. The van der Waals surface area contributed by atoms with Gasteiger partial charge in [0.1, 0.15) is 5.82 Å². The van der Waals surface area contributed by atoms with Crippen molar-refractivity contribution in [1.82, 2.24) is 19.8 Å². The molecule has 0 atom stereocenters. The number of fused-ring (bicyclic) bond motifs is 1. The average molecular weight is 370 g/mol. The molecule has 2 heterocycles. The van der Waals surface area contributed by atoms with Gasteiger partial charge in [-0.05, 0) is 29.9 Å². The Labute approximate surface area is 155 Å². The maximum atomic E-state index is 13.9. The number of benzene rings is 2. The Morgan fingerprint density at radius 1 is 1.08 bits per heavy atom. The van der Waals surface area contributed by atoms with Gasteiger partial charge in [0, 0.05) is 32.7 Å². The standard InChI is InChI=1S/C19H19FN4OS/c20-14-10-15(17-16(11-14)21-19(26)22-17)18(25)24-8-6-23(7-9-24)12-13-4-2-1-3-5-13/h1-5,10-11H,6-9,12H2,(H2,21,22,26). The summed E-state index contributed by atoms with van der Waals surface area (Å²) in [5, 5.41) is 0. The van der Waals surface area contributed by atoms with Crippen molar-refractivity contribution < 1.29 is 9.18 Å². The predicted octanol–water partition coefficient (Wildman–Crippen LogP) is 3.32. The van der Waals surface area contributed by atoms with E-state index in [1.54, 1.807) is 4.90 Å². The summed E-state index contributed by atoms with van der Waals surface area (Å²) in [4.78, 5) is 22.8. The number of hydrogen-bond acceptors (Lipinski definition) is 3. The number of rotatable bonds is 3. The van der Waals surface area contributed by atoms with Crippen molar-refractivity contribution in [1.29, 1.82) is 0 Å². The van der Waals surface area contributed by atoms with Gasteiger partial charge in [-0.2, -0.15) is 0 Å². The molecule has 2 N–H and O–H groups in total. The molecular formula is C19H19FN4OS. The van der Waals surface area contributed by atoms with E-state index in [-0.39, 0.29) is 5.91 Å². The van der Waals surface area contributed by atoms with Crippen LogP contribution in [0.2, 0.25) is 0 Å². The van der Waals surface area contributed by atoms with E-state index in [9.17, 15) is 9.18 Å². The lowest BCUT2D eigenvalue weighted by molar-refractivity contribution is 0.0630. The number of aromatic amines is 2. The van der Waals surface area contributed by atoms with Crippen LogP contribution in [0.25, 0.3) is 11.0 Å². The van der Waals surface area contributed by atoms with Crippen LogP contribution in [-0.4, -0.2) is 51.9 Å². The second kappa shape index (κ2) is 7.01. The first-order valence-corrected chi connectivity index (χ1v) is 8.98. The van der Waals surface area contributed by atoms with Gasteiger partial charge in [-0.1, -0.05) is 30.3 Å². The highest BCUT2D eigenvalue weighted by atomic mass is 32.1. The van der Waals surface area contributed by atoms with Gasteiger partial charge in [-0.3, -0.25) is 9.69 Å². The van der Waals surface area contributed by atoms with Crippen molar-refractivity contribution in [2.75, 3.05) is 26.2 Å². The summed E-state index contributed by atoms with van der Waals surface area (Å²) < 4.78 is 14.3. The van der Waals surface area contributed by atoms with Crippen LogP contribution in [0.15, 0.2) is 42.5 Å². The fourth-order valence-corrected chi connectivity index (χ4v) is 3.61. The van der Waals surface area contributed by atoms with Crippen LogP contribution in [0.1, 0.15) is 15.9 Å². The minimum absolute atomic E-state index is 0.167. The molecular weight excluding hydrogens is 351 g/mol. The first kappa shape index (κ1) is 16.9. The van der Waals surface area contributed by atoms with Crippen LogP contribution in [0.3, 0.4) is 0 Å². The monoisotopic (exact) mass is 370 g/mol. The number of nitrogens with one attached hydrogen (secondary N) is 2. The van der Waals surface area contributed by atoms with E-state index in [4.69, 9.17) is 12.2 Å². The van der Waals surface area contributed by atoms with Crippen LogP contribution in [0, 0.1) is 10.6 Å². The van der Waals surface area contributed by atoms with Gasteiger partial charge >= 0.3 is 0 Å².